The van der Waals surface area contributed by atoms with E-state index in [2.05, 4.69) is 0 Å². The molecule has 0 N–H and O–H groups in total. The molecular formula is C16H13ClO2. The summed E-state index contributed by atoms with van der Waals surface area (Å²) in [4.78, 5) is 10.8. The molecule has 1 aliphatic rings. The SMILES string of the molecule is Cc1ccc(OC2=C(Cl)/C=C(C=O)\C=C\C=C\2)cc1. The molecule has 1 aromatic carbocycles. The summed E-state index contributed by atoms with van der Waals surface area (Å²) in [6.07, 6.45) is 9.33. The first kappa shape index (κ1) is 13.4. The number of aldehydes is 1. The second-order valence-electron chi connectivity index (χ2n) is 4.11. The van der Waals surface area contributed by atoms with Crippen molar-refractivity contribution in [3.8, 4) is 5.75 Å². The van der Waals surface area contributed by atoms with Crippen molar-refractivity contribution in [3.05, 3.63) is 76.6 Å². The van der Waals surface area contributed by atoms with Crippen molar-refractivity contribution < 1.29 is 9.53 Å². The number of hydrogen-bond donors (Lipinski definition) is 0. The van der Waals surface area contributed by atoms with Crippen molar-refractivity contribution in [1.29, 1.82) is 0 Å². The Hall–Kier alpha value is -2.06. The van der Waals surface area contributed by atoms with Gasteiger partial charge in [0.25, 0.3) is 0 Å². The molecule has 0 unspecified atom stereocenters. The summed E-state index contributed by atoms with van der Waals surface area (Å²) in [7, 11) is 0. The molecule has 19 heavy (non-hydrogen) atoms. The molecule has 0 spiro atoms. The number of rotatable bonds is 3. The van der Waals surface area contributed by atoms with Crippen LogP contribution >= 0.6 is 11.6 Å². The highest BCUT2D eigenvalue weighted by Crippen LogP contribution is 2.22. The van der Waals surface area contributed by atoms with E-state index in [1.807, 2.05) is 31.2 Å². The van der Waals surface area contributed by atoms with Crippen LogP contribution in [0.4, 0.5) is 0 Å². The molecular weight excluding hydrogens is 260 g/mol. The summed E-state index contributed by atoms with van der Waals surface area (Å²) in [5.41, 5.74) is 1.66. The van der Waals surface area contributed by atoms with E-state index in [1.165, 1.54) is 0 Å². The van der Waals surface area contributed by atoms with Crippen LogP contribution in [-0.4, -0.2) is 6.29 Å². The largest absolute Gasteiger partial charge is 0.456 e. The fourth-order valence-corrected chi connectivity index (χ4v) is 1.77. The zero-order valence-corrected chi connectivity index (χ0v) is 11.2. The second-order valence-corrected chi connectivity index (χ2v) is 4.51. The van der Waals surface area contributed by atoms with Crippen molar-refractivity contribution in [1.82, 2.24) is 0 Å². The molecule has 2 rings (SSSR count). The fourth-order valence-electron chi connectivity index (χ4n) is 1.54. The Morgan fingerprint density at radius 1 is 1.11 bits per heavy atom. The second kappa shape index (κ2) is 6.21. The third kappa shape index (κ3) is 3.70. The lowest BCUT2D eigenvalue weighted by Gasteiger charge is -2.09. The molecule has 0 heterocycles. The Bertz CT molecular complexity index is 590. The zero-order chi connectivity index (χ0) is 13.7. The van der Waals surface area contributed by atoms with Gasteiger partial charge in [-0.1, -0.05) is 47.5 Å². The van der Waals surface area contributed by atoms with E-state index in [0.29, 0.717) is 22.1 Å². The number of halogens is 1. The smallest absolute Gasteiger partial charge is 0.150 e. The van der Waals surface area contributed by atoms with Crippen LogP contribution in [0.5, 0.6) is 5.75 Å². The number of carbonyl (C=O) groups excluding carboxylic acids is 1. The van der Waals surface area contributed by atoms with Gasteiger partial charge in [0.05, 0.1) is 5.03 Å². The Labute approximate surface area is 117 Å². The first-order valence-corrected chi connectivity index (χ1v) is 6.23. The summed E-state index contributed by atoms with van der Waals surface area (Å²) in [5, 5.41) is 0.392. The molecule has 0 aromatic heterocycles. The summed E-state index contributed by atoms with van der Waals surface area (Å²) < 4.78 is 5.72. The van der Waals surface area contributed by atoms with Crippen LogP contribution in [0.15, 0.2) is 71.0 Å². The highest BCUT2D eigenvalue weighted by molar-refractivity contribution is 6.32. The normalized spacial score (nSPS) is 24.6. The number of ether oxygens (including phenoxy) is 1. The van der Waals surface area contributed by atoms with Crippen molar-refractivity contribution >= 4 is 17.9 Å². The topological polar surface area (TPSA) is 26.3 Å². The zero-order valence-electron chi connectivity index (χ0n) is 10.5. The standard InChI is InChI=1S/C16H13ClO2/c1-12-6-8-14(9-7-12)19-16-5-3-2-4-13(11-18)10-15(16)17/h2-11H,1H3/b3-2?,4-2+,5-3+,13-4?,13-10+,15-10?,16-5?,16-15-. The quantitative estimate of drug-likeness (QED) is 0.775. The molecule has 2 nitrogen and oxygen atoms in total. The summed E-state index contributed by atoms with van der Waals surface area (Å²) >= 11 is 6.15. The van der Waals surface area contributed by atoms with Gasteiger partial charge in [-0.15, -0.1) is 0 Å². The molecule has 0 atom stereocenters. The molecule has 0 bridgehead atoms. The Kier molecular flexibility index (Phi) is 4.37. The molecule has 96 valence electrons. The molecule has 3 heteroatoms. The first-order chi connectivity index (χ1) is 9.19. The maximum Gasteiger partial charge on any atom is 0.150 e. The molecule has 0 amide bonds. The van der Waals surface area contributed by atoms with Crippen LogP contribution in [0.1, 0.15) is 5.56 Å². The maximum absolute atomic E-state index is 10.8. The van der Waals surface area contributed by atoms with Gasteiger partial charge in [-0.3, -0.25) is 4.79 Å². The van der Waals surface area contributed by atoms with Crippen LogP contribution in [0.2, 0.25) is 0 Å². The van der Waals surface area contributed by atoms with Crippen LogP contribution in [0.3, 0.4) is 0 Å². The van der Waals surface area contributed by atoms with Crippen molar-refractivity contribution in [2.45, 2.75) is 6.92 Å². The highest BCUT2D eigenvalue weighted by atomic mass is 35.5. The minimum atomic E-state index is 0.392. The predicted octanol–water partition coefficient (Wildman–Crippen LogP) is 4.08. The van der Waals surface area contributed by atoms with Gasteiger partial charge in [0, 0.05) is 5.57 Å². The predicted molar refractivity (Wildman–Crippen MR) is 77.1 cm³/mol. The van der Waals surface area contributed by atoms with Gasteiger partial charge in [-0.25, -0.2) is 0 Å². The van der Waals surface area contributed by atoms with E-state index < -0.39 is 0 Å². The van der Waals surface area contributed by atoms with E-state index in [1.54, 1.807) is 30.4 Å². The lowest BCUT2D eigenvalue weighted by molar-refractivity contribution is -0.104. The van der Waals surface area contributed by atoms with E-state index in [4.69, 9.17) is 16.3 Å². The Morgan fingerprint density at radius 3 is 2.47 bits per heavy atom. The van der Waals surface area contributed by atoms with E-state index >= 15 is 0 Å². The van der Waals surface area contributed by atoms with Gasteiger partial charge in [0.1, 0.15) is 17.8 Å². The van der Waals surface area contributed by atoms with E-state index in [-0.39, 0.29) is 0 Å². The molecule has 1 aromatic rings. The number of allylic oxidation sites excluding steroid dienone is 7. The maximum atomic E-state index is 10.8. The Morgan fingerprint density at radius 2 is 1.79 bits per heavy atom. The number of carbonyl (C=O) groups is 1. The van der Waals surface area contributed by atoms with Gasteiger partial charge in [-0.2, -0.15) is 0 Å². The minimum absolute atomic E-state index is 0.392. The molecule has 0 radical (unpaired) electrons. The summed E-state index contributed by atoms with van der Waals surface area (Å²) in [5.74, 6) is 1.21. The van der Waals surface area contributed by atoms with E-state index in [9.17, 15) is 4.79 Å². The van der Waals surface area contributed by atoms with Crippen LogP contribution in [0, 0.1) is 6.92 Å². The van der Waals surface area contributed by atoms with Crippen LogP contribution < -0.4 is 4.74 Å². The molecule has 0 aliphatic heterocycles. The molecule has 0 saturated heterocycles. The van der Waals surface area contributed by atoms with Crippen LogP contribution in [0.25, 0.3) is 0 Å². The van der Waals surface area contributed by atoms with Crippen molar-refractivity contribution in [3.63, 3.8) is 0 Å². The first-order valence-electron chi connectivity index (χ1n) is 5.85. The fraction of sp³-hybridized carbons (Fsp3) is 0.0625. The van der Waals surface area contributed by atoms with Gasteiger partial charge < -0.3 is 4.74 Å². The molecule has 0 saturated carbocycles. The third-order valence-corrected chi connectivity index (χ3v) is 2.86. The number of aryl methyl sites for hydroxylation is 1. The average Bonchev–Trinajstić information content (AvgIpc) is 2.40. The van der Waals surface area contributed by atoms with Gasteiger partial charge in [-0.05, 0) is 31.2 Å². The van der Waals surface area contributed by atoms with Gasteiger partial charge >= 0.3 is 0 Å². The van der Waals surface area contributed by atoms with Crippen molar-refractivity contribution in [2.24, 2.45) is 0 Å². The monoisotopic (exact) mass is 272 g/mol. The number of hydrogen-bond acceptors (Lipinski definition) is 2. The summed E-state index contributed by atoms with van der Waals surface area (Å²) in [6.45, 7) is 2.01. The van der Waals surface area contributed by atoms with Gasteiger partial charge in [0.2, 0.25) is 0 Å². The minimum Gasteiger partial charge on any atom is -0.456 e. The highest BCUT2D eigenvalue weighted by Gasteiger charge is 2.05. The molecule has 0 fully saturated rings. The summed E-state index contributed by atoms with van der Waals surface area (Å²) in [6, 6.07) is 7.67. The van der Waals surface area contributed by atoms with Crippen molar-refractivity contribution in [2.75, 3.05) is 0 Å². The molecule has 1 aliphatic carbocycles. The lowest BCUT2D eigenvalue weighted by Crippen LogP contribution is -1.96. The van der Waals surface area contributed by atoms with Crippen LogP contribution in [-0.2, 0) is 4.79 Å². The van der Waals surface area contributed by atoms with Gasteiger partial charge in [0.15, 0.2) is 0 Å². The average molecular weight is 273 g/mol. The number of benzene rings is 1. The lowest BCUT2D eigenvalue weighted by atomic mass is 10.2. The Balaban J connectivity index is 2.29. The third-order valence-electron chi connectivity index (χ3n) is 2.56. The van der Waals surface area contributed by atoms with E-state index in [0.717, 1.165) is 11.8 Å².